The van der Waals surface area contributed by atoms with Gasteiger partial charge in [0, 0.05) is 17.5 Å². The number of carbonyl (C=O) groups excluding carboxylic acids is 2. The van der Waals surface area contributed by atoms with Crippen LogP contribution in [0.4, 0.5) is 0 Å². The fourth-order valence-corrected chi connectivity index (χ4v) is 7.90. The number of nitrogens with one attached hydrogen (secondary N) is 1. The highest BCUT2D eigenvalue weighted by Crippen LogP contribution is 2.43. The Bertz CT molecular complexity index is 1620. The third-order valence-electron chi connectivity index (χ3n) is 9.15. The first-order valence-electron chi connectivity index (χ1n) is 15.3. The molecule has 218 valence electrons. The number of hydrogen-bond donors (Lipinski definition) is 1. The molecule has 7 nitrogen and oxygen atoms in total. The van der Waals surface area contributed by atoms with E-state index in [0.717, 1.165) is 53.4 Å². The van der Waals surface area contributed by atoms with Gasteiger partial charge >= 0.3 is 0 Å². The van der Waals surface area contributed by atoms with Crippen LogP contribution in [0, 0.1) is 0 Å². The number of hydrogen-bond acceptors (Lipinski definition) is 5. The first kappa shape index (κ1) is 27.1. The Labute approximate surface area is 250 Å². The van der Waals surface area contributed by atoms with Gasteiger partial charge in [0.1, 0.15) is 5.69 Å². The predicted molar refractivity (Wildman–Crippen MR) is 164 cm³/mol. The highest BCUT2D eigenvalue weighted by molar-refractivity contribution is 7.19. The summed E-state index contributed by atoms with van der Waals surface area (Å²) in [5, 5.41) is 3.47. The number of benzene rings is 2. The third-order valence-corrected chi connectivity index (χ3v) is 10.4. The van der Waals surface area contributed by atoms with E-state index >= 15 is 0 Å². The van der Waals surface area contributed by atoms with Crippen LogP contribution in [-0.2, 0) is 29.8 Å². The topological polar surface area (TPSA) is 72.8 Å². The number of aromatic nitrogens is 1. The molecule has 1 unspecified atom stereocenters. The number of carbonyl (C=O) groups is 2. The summed E-state index contributed by atoms with van der Waals surface area (Å²) in [5.74, 6) is 1.11. The Morgan fingerprint density at radius 3 is 2.52 bits per heavy atom. The molecule has 4 heterocycles. The van der Waals surface area contributed by atoms with Crippen molar-refractivity contribution in [2.75, 3.05) is 6.79 Å². The van der Waals surface area contributed by atoms with Crippen molar-refractivity contribution in [1.29, 1.82) is 0 Å². The number of amides is 2. The quantitative estimate of drug-likeness (QED) is 0.272. The van der Waals surface area contributed by atoms with Crippen LogP contribution in [0.5, 0.6) is 11.5 Å². The van der Waals surface area contributed by atoms with Crippen molar-refractivity contribution >= 4 is 33.4 Å². The molecule has 0 saturated heterocycles. The largest absolute Gasteiger partial charge is 0.454 e. The lowest BCUT2D eigenvalue weighted by molar-refractivity contribution is -0.136. The van der Waals surface area contributed by atoms with Crippen LogP contribution in [-0.4, -0.2) is 34.1 Å². The van der Waals surface area contributed by atoms with Crippen molar-refractivity contribution in [3.05, 3.63) is 82.4 Å². The van der Waals surface area contributed by atoms with Gasteiger partial charge in [-0.15, -0.1) is 11.3 Å². The SMILES string of the molecule is CCc1cc2c(cc3n2CC(C(=O)NC2CCCCCCC2)(c2ccccc2)N(Cc2ccc4c(c2)OCO4)C3=O)s1. The molecule has 4 aromatic rings. The zero-order valence-corrected chi connectivity index (χ0v) is 24.9. The van der Waals surface area contributed by atoms with Gasteiger partial charge in [-0.25, -0.2) is 0 Å². The second-order valence-electron chi connectivity index (χ2n) is 11.8. The predicted octanol–water partition coefficient (Wildman–Crippen LogP) is 6.77. The van der Waals surface area contributed by atoms with Gasteiger partial charge in [0.25, 0.3) is 11.8 Å². The molecule has 7 rings (SSSR count). The van der Waals surface area contributed by atoms with E-state index in [1.807, 2.05) is 54.6 Å². The molecule has 0 bridgehead atoms. The van der Waals surface area contributed by atoms with E-state index in [-0.39, 0.29) is 31.2 Å². The summed E-state index contributed by atoms with van der Waals surface area (Å²) >= 11 is 1.73. The Balaban J connectivity index is 1.37. The van der Waals surface area contributed by atoms with Crippen LogP contribution in [0.15, 0.2) is 60.7 Å². The minimum Gasteiger partial charge on any atom is -0.454 e. The summed E-state index contributed by atoms with van der Waals surface area (Å²) in [6.45, 7) is 2.95. The van der Waals surface area contributed by atoms with Gasteiger partial charge in [0.15, 0.2) is 17.0 Å². The molecule has 0 radical (unpaired) electrons. The highest BCUT2D eigenvalue weighted by Gasteiger charge is 2.53. The molecule has 0 spiro atoms. The molecule has 2 amide bonds. The van der Waals surface area contributed by atoms with Crippen molar-refractivity contribution in [3.8, 4) is 11.5 Å². The number of aryl methyl sites for hydroxylation is 1. The van der Waals surface area contributed by atoms with Gasteiger partial charge < -0.3 is 24.3 Å². The van der Waals surface area contributed by atoms with Gasteiger partial charge in [-0.05, 0) is 54.7 Å². The fraction of sp³-hybridized carbons (Fsp3) is 0.412. The second kappa shape index (κ2) is 11.1. The number of ether oxygens (including phenoxy) is 2. The lowest BCUT2D eigenvalue weighted by Gasteiger charge is -2.47. The second-order valence-corrected chi connectivity index (χ2v) is 12.9. The minimum atomic E-state index is -1.23. The average Bonchev–Trinajstić information content (AvgIpc) is 3.71. The number of thiophene rings is 1. The van der Waals surface area contributed by atoms with Crippen LogP contribution in [0.1, 0.15) is 78.4 Å². The number of nitrogens with zero attached hydrogens (tertiary/aromatic N) is 2. The molecule has 1 saturated carbocycles. The van der Waals surface area contributed by atoms with Crippen molar-refractivity contribution in [2.24, 2.45) is 0 Å². The zero-order valence-electron chi connectivity index (χ0n) is 24.1. The van der Waals surface area contributed by atoms with E-state index in [0.29, 0.717) is 23.7 Å². The number of fused-ring (bicyclic) bond motifs is 4. The maximum Gasteiger partial charge on any atom is 0.272 e. The maximum atomic E-state index is 14.9. The summed E-state index contributed by atoms with van der Waals surface area (Å²) < 4.78 is 14.4. The zero-order chi connectivity index (χ0) is 28.7. The maximum absolute atomic E-state index is 14.9. The van der Waals surface area contributed by atoms with Crippen LogP contribution >= 0.6 is 11.3 Å². The van der Waals surface area contributed by atoms with E-state index in [9.17, 15) is 9.59 Å². The third kappa shape index (κ3) is 4.66. The molecular weight excluding hydrogens is 546 g/mol. The van der Waals surface area contributed by atoms with E-state index in [4.69, 9.17) is 9.47 Å². The van der Waals surface area contributed by atoms with Gasteiger partial charge in [0.2, 0.25) is 6.79 Å². The molecule has 2 aliphatic heterocycles. The van der Waals surface area contributed by atoms with Crippen molar-refractivity contribution in [2.45, 2.75) is 83.0 Å². The highest BCUT2D eigenvalue weighted by atomic mass is 32.1. The summed E-state index contributed by atoms with van der Waals surface area (Å²) in [7, 11) is 0. The molecule has 42 heavy (non-hydrogen) atoms. The molecule has 1 atom stereocenters. The average molecular weight is 584 g/mol. The first-order chi connectivity index (χ1) is 20.6. The molecule has 1 aliphatic carbocycles. The van der Waals surface area contributed by atoms with Crippen LogP contribution in [0.2, 0.25) is 0 Å². The molecule has 8 heteroatoms. The Kier molecular flexibility index (Phi) is 7.18. The molecule has 1 N–H and O–H groups in total. The van der Waals surface area contributed by atoms with E-state index in [2.05, 4.69) is 22.9 Å². The van der Waals surface area contributed by atoms with Gasteiger partial charge in [-0.1, -0.05) is 75.4 Å². The number of rotatable bonds is 6. The Morgan fingerprint density at radius 2 is 1.74 bits per heavy atom. The van der Waals surface area contributed by atoms with Crippen molar-refractivity contribution < 1.29 is 19.1 Å². The molecule has 1 fully saturated rings. The lowest BCUT2D eigenvalue weighted by Crippen LogP contribution is -2.64. The molecule has 3 aliphatic rings. The van der Waals surface area contributed by atoms with Gasteiger partial charge in [-0.2, -0.15) is 0 Å². The van der Waals surface area contributed by atoms with Gasteiger partial charge in [-0.3, -0.25) is 9.59 Å². The summed E-state index contributed by atoms with van der Waals surface area (Å²) in [6, 6.07) is 19.9. The lowest BCUT2D eigenvalue weighted by atomic mass is 9.83. The molecular formula is C34H37N3O4S. The van der Waals surface area contributed by atoms with Crippen molar-refractivity contribution in [3.63, 3.8) is 0 Å². The molecule has 2 aromatic heterocycles. The standard InChI is InChI=1S/C34H37N3O4S/c1-2-26-18-27-31(42-26)19-28-32(38)37(20-23-15-16-29-30(17-23)41-22-40-29)34(21-36(27)28,24-11-7-6-8-12-24)33(39)35-25-13-9-4-3-5-10-14-25/h6-8,11-12,15-19,25H,2-5,9-10,13-14,20-22H2,1H3,(H,35,39). The Hall–Kier alpha value is -3.78. The van der Waals surface area contributed by atoms with Crippen LogP contribution in [0.3, 0.4) is 0 Å². The van der Waals surface area contributed by atoms with E-state index in [1.165, 1.54) is 24.1 Å². The van der Waals surface area contributed by atoms with Crippen LogP contribution in [0.25, 0.3) is 10.2 Å². The monoisotopic (exact) mass is 583 g/mol. The van der Waals surface area contributed by atoms with E-state index < -0.39 is 5.54 Å². The minimum absolute atomic E-state index is 0.0970. The van der Waals surface area contributed by atoms with Crippen molar-refractivity contribution in [1.82, 2.24) is 14.8 Å². The van der Waals surface area contributed by atoms with Crippen LogP contribution < -0.4 is 14.8 Å². The van der Waals surface area contributed by atoms with Gasteiger partial charge in [0.05, 0.1) is 16.8 Å². The molecule has 2 aromatic carbocycles. The Morgan fingerprint density at radius 1 is 0.976 bits per heavy atom. The smallest absolute Gasteiger partial charge is 0.272 e. The first-order valence-corrected chi connectivity index (χ1v) is 16.1. The fourth-order valence-electron chi connectivity index (χ4n) is 6.86. The van der Waals surface area contributed by atoms with E-state index in [1.54, 1.807) is 16.2 Å². The summed E-state index contributed by atoms with van der Waals surface area (Å²) in [4.78, 5) is 32.6. The normalized spacial score (nSPS) is 20.8. The summed E-state index contributed by atoms with van der Waals surface area (Å²) in [5.41, 5.74) is 2.14. The summed E-state index contributed by atoms with van der Waals surface area (Å²) in [6.07, 6.45) is 8.76.